The smallest absolute Gasteiger partial charge is 0.332 e. The molecule has 0 aromatic rings. The van der Waals surface area contributed by atoms with Gasteiger partial charge in [-0.15, -0.1) is 0 Å². The Morgan fingerprint density at radius 3 is 2.59 bits per heavy atom. The number of esters is 1. The number of likely N-dealkylation sites (N-methyl/N-ethyl adjacent to an activating group) is 1. The summed E-state index contributed by atoms with van der Waals surface area (Å²) in [5.41, 5.74) is 5.50. The zero-order valence-electron chi connectivity index (χ0n) is 10.3. The first-order chi connectivity index (χ1) is 7.95. The van der Waals surface area contributed by atoms with Crippen molar-refractivity contribution in [1.82, 2.24) is 4.90 Å². The quantitative estimate of drug-likeness (QED) is 0.483. The van der Waals surface area contributed by atoms with Gasteiger partial charge in [0.15, 0.2) is 6.04 Å². The van der Waals surface area contributed by atoms with Gasteiger partial charge in [-0.25, -0.2) is 4.79 Å². The summed E-state index contributed by atoms with van der Waals surface area (Å²) >= 11 is 0. The highest BCUT2D eigenvalue weighted by Crippen LogP contribution is 2.27. The summed E-state index contributed by atoms with van der Waals surface area (Å²) in [6.07, 6.45) is 1.15. The van der Waals surface area contributed by atoms with Gasteiger partial charge in [-0.05, 0) is 25.7 Å². The van der Waals surface area contributed by atoms with Gasteiger partial charge < -0.3 is 20.5 Å². The molecule has 0 heterocycles. The van der Waals surface area contributed by atoms with Gasteiger partial charge in [0, 0.05) is 13.6 Å². The number of aliphatic hydroxyl groups is 1. The molecule has 1 aliphatic carbocycles. The highest BCUT2D eigenvalue weighted by atomic mass is 16.5. The largest absolute Gasteiger partial charge is 0.464 e. The summed E-state index contributed by atoms with van der Waals surface area (Å²) in [6, 6.07) is -1.25. The van der Waals surface area contributed by atoms with Crippen LogP contribution in [-0.2, 0) is 14.3 Å². The van der Waals surface area contributed by atoms with Crippen molar-refractivity contribution in [2.75, 3.05) is 20.2 Å². The number of rotatable bonds is 5. The summed E-state index contributed by atoms with van der Waals surface area (Å²) in [7, 11) is 1.60. The fourth-order valence-corrected chi connectivity index (χ4v) is 1.90. The number of carbonyl (C=O) groups is 2. The third kappa shape index (κ3) is 3.67. The molecule has 17 heavy (non-hydrogen) atoms. The van der Waals surface area contributed by atoms with Crippen molar-refractivity contribution in [3.63, 3.8) is 0 Å². The van der Waals surface area contributed by atoms with Gasteiger partial charge in [-0.2, -0.15) is 0 Å². The van der Waals surface area contributed by atoms with E-state index < -0.39 is 17.9 Å². The molecule has 98 valence electrons. The van der Waals surface area contributed by atoms with Crippen molar-refractivity contribution in [3.05, 3.63) is 0 Å². The molecule has 0 aliphatic heterocycles. The van der Waals surface area contributed by atoms with Crippen LogP contribution in [-0.4, -0.2) is 54.2 Å². The molecule has 0 aromatic carbocycles. The van der Waals surface area contributed by atoms with Crippen molar-refractivity contribution in [1.29, 1.82) is 0 Å². The number of ether oxygens (including phenoxy) is 1. The van der Waals surface area contributed by atoms with Gasteiger partial charge in [0.05, 0.1) is 12.7 Å². The molecule has 1 saturated carbocycles. The van der Waals surface area contributed by atoms with Crippen LogP contribution in [0, 0.1) is 5.92 Å². The number of carbonyl (C=O) groups excluding carboxylic acids is 2. The van der Waals surface area contributed by atoms with Crippen LogP contribution in [0.5, 0.6) is 0 Å². The van der Waals surface area contributed by atoms with E-state index >= 15 is 0 Å². The minimum Gasteiger partial charge on any atom is -0.464 e. The second-order valence-corrected chi connectivity index (χ2v) is 4.44. The first-order valence-corrected chi connectivity index (χ1v) is 5.81. The molecule has 0 spiro atoms. The van der Waals surface area contributed by atoms with Crippen molar-refractivity contribution in [3.8, 4) is 0 Å². The van der Waals surface area contributed by atoms with Gasteiger partial charge in [0.1, 0.15) is 0 Å². The molecule has 1 amide bonds. The molecule has 1 unspecified atom stereocenters. The molecule has 0 aromatic heterocycles. The molecule has 3 N–H and O–H groups in total. The highest BCUT2D eigenvalue weighted by molar-refractivity contribution is 6.01. The summed E-state index contributed by atoms with van der Waals surface area (Å²) in [6.45, 7) is 2.38. The van der Waals surface area contributed by atoms with Crippen molar-refractivity contribution >= 4 is 11.9 Å². The van der Waals surface area contributed by atoms with Gasteiger partial charge in [-0.3, -0.25) is 4.79 Å². The molecule has 6 heteroatoms. The fraction of sp³-hybridized carbons (Fsp3) is 0.818. The Morgan fingerprint density at radius 2 is 2.12 bits per heavy atom. The predicted molar refractivity (Wildman–Crippen MR) is 61.0 cm³/mol. The van der Waals surface area contributed by atoms with Crippen LogP contribution in [0.1, 0.15) is 19.8 Å². The molecule has 1 fully saturated rings. The summed E-state index contributed by atoms with van der Waals surface area (Å²) < 4.78 is 4.69. The Balaban J connectivity index is 2.37. The first-order valence-electron chi connectivity index (χ1n) is 5.81. The first kappa shape index (κ1) is 13.9. The molecule has 1 rings (SSSR count). The molecule has 0 bridgehead atoms. The lowest BCUT2D eigenvalue weighted by atomic mass is 9.82. The number of nitrogens with zero attached hydrogens (tertiary/aromatic N) is 1. The van der Waals surface area contributed by atoms with E-state index in [0.29, 0.717) is 25.3 Å². The summed E-state index contributed by atoms with van der Waals surface area (Å²) in [5, 5.41) is 9.13. The molecule has 1 atom stereocenters. The van der Waals surface area contributed by atoms with Crippen molar-refractivity contribution in [2.45, 2.75) is 31.9 Å². The maximum atomic E-state index is 11.8. The average molecular weight is 244 g/mol. The van der Waals surface area contributed by atoms with Crippen molar-refractivity contribution in [2.24, 2.45) is 11.7 Å². The van der Waals surface area contributed by atoms with Crippen LogP contribution in [0.3, 0.4) is 0 Å². The van der Waals surface area contributed by atoms with Crippen LogP contribution >= 0.6 is 0 Å². The van der Waals surface area contributed by atoms with Crippen LogP contribution in [0.4, 0.5) is 0 Å². The Morgan fingerprint density at radius 1 is 1.53 bits per heavy atom. The Bertz CT molecular complexity index is 289. The van der Waals surface area contributed by atoms with E-state index in [1.807, 2.05) is 0 Å². The van der Waals surface area contributed by atoms with Gasteiger partial charge in [0.2, 0.25) is 0 Å². The number of amides is 1. The molecule has 1 aliphatic rings. The zero-order chi connectivity index (χ0) is 13.0. The van der Waals surface area contributed by atoms with Crippen LogP contribution in [0.2, 0.25) is 0 Å². The molecule has 6 nitrogen and oxygen atoms in total. The van der Waals surface area contributed by atoms with E-state index in [1.54, 1.807) is 14.0 Å². The third-order valence-corrected chi connectivity index (χ3v) is 2.93. The normalized spacial score (nSPS) is 24.7. The number of hydrogen-bond acceptors (Lipinski definition) is 5. The number of nitrogens with two attached hydrogens (primary N) is 1. The van der Waals surface area contributed by atoms with E-state index in [9.17, 15) is 9.59 Å². The van der Waals surface area contributed by atoms with Crippen LogP contribution in [0.25, 0.3) is 0 Å². The molecular formula is C11H20N2O4. The van der Waals surface area contributed by atoms with E-state index in [1.165, 1.54) is 4.90 Å². The van der Waals surface area contributed by atoms with E-state index in [0.717, 1.165) is 0 Å². The molecule has 0 radical (unpaired) electrons. The Labute approximate surface area is 101 Å². The topological polar surface area (TPSA) is 92.9 Å². The molecule has 0 saturated heterocycles. The Kier molecular flexibility index (Phi) is 4.89. The lowest BCUT2D eigenvalue weighted by Crippen LogP contribution is -2.50. The maximum absolute atomic E-state index is 11.8. The van der Waals surface area contributed by atoms with Crippen LogP contribution in [0.15, 0.2) is 0 Å². The SMILES string of the molecule is CCOC(=O)C(N)C(=O)N(C)CC1CC(O)C1. The Hall–Kier alpha value is -1.14. The van der Waals surface area contributed by atoms with Crippen LogP contribution < -0.4 is 5.73 Å². The van der Waals surface area contributed by atoms with Gasteiger partial charge in [0.25, 0.3) is 5.91 Å². The third-order valence-electron chi connectivity index (χ3n) is 2.93. The lowest BCUT2D eigenvalue weighted by molar-refractivity contribution is -0.151. The summed E-state index contributed by atoms with van der Waals surface area (Å²) in [4.78, 5) is 24.5. The number of aliphatic hydroxyl groups excluding tert-OH is 1. The van der Waals surface area contributed by atoms with Gasteiger partial charge >= 0.3 is 5.97 Å². The summed E-state index contributed by atoms with van der Waals surface area (Å²) in [5.74, 6) is -0.837. The fourth-order valence-electron chi connectivity index (χ4n) is 1.90. The van der Waals surface area contributed by atoms with Gasteiger partial charge in [-0.1, -0.05) is 0 Å². The maximum Gasteiger partial charge on any atom is 0.332 e. The standard InChI is InChI=1S/C11H20N2O4/c1-3-17-11(16)9(12)10(15)13(2)6-7-4-8(14)5-7/h7-9,14H,3-6,12H2,1-2H3. The second-order valence-electron chi connectivity index (χ2n) is 4.44. The molecular weight excluding hydrogens is 224 g/mol. The minimum absolute atomic E-state index is 0.207. The van der Waals surface area contributed by atoms with Crippen molar-refractivity contribution < 1.29 is 19.4 Å². The van der Waals surface area contributed by atoms with E-state index in [2.05, 4.69) is 4.74 Å². The predicted octanol–water partition coefficient (Wildman–Crippen LogP) is -0.894. The highest BCUT2D eigenvalue weighted by Gasteiger charge is 2.32. The monoisotopic (exact) mass is 244 g/mol. The lowest BCUT2D eigenvalue weighted by Gasteiger charge is -2.34. The average Bonchev–Trinajstić information content (AvgIpc) is 2.25. The van der Waals surface area contributed by atoms with E-state index in [4.69, 9.17) is 10.8 Å². The minimum atomic E-state index is -1.25. The second kappa shape index (κ2) is 5.97. The zero-order valence-corrected chi connectivity index (χ0v) is 10.3. The number of hydrogen-bond donors (Lipinski definition) is 2. The van der Waals surface area contributed by atoms with E-state index in [-0.39, 0.29) is 12.7 Å².